The topological polar surface area (TPSA) is 57.6 Å². The standard InChI is InChI=1S/C16H17F2NO3S/c1-19(15(9-10-20)12-5-3-2-4-6-12)23(21,22)16-11-13(17)7-8-14(16)18/h2-8,11,15,20H,9-10H2,1H3. The number of rotatable bonds is 6. The molecule has 0 aliphatic rings. The zero-order valence-electron chi connectivity index (χ0n) is 12.5. The van der Waals surface area contributed by atoms with Gasteiger partial charge in [-0.25, -0.2) is 17.2 Å². The number of aliphatic hydroxyl groups is 1. The molecule has 0 fully saturated rings. The first-order valence-corrected chi connectivity index (χ1v) is 8.41. The second kappa shape index (κ2) is 7.16. The van der Waals surface area contributed by atoms with E-state index in [4.69, 9.17) is 0 Å². The smallest absolute Gasteiger partial charge is 0.246 e. The summed E-state index contributed by atoms with van der Waals surface area (Å²) in [4.78, 5) is -0.723. The van der Waals surface area contributed by atoms with Crippen molar-refractivity contribution < 1.29 is 22.3 Å². The molecular formula is C16H17F2NO3S. The van der Waals surface area contributed by atoms with E-state index < -0.39 is 32.6 Å². The third-order valence-corrected chi connectivity index (χ3v) is 5.46. The highest BCUT2D eigenvalue weighted by molar-refractivity contribution is 7.89. The van der Waals surface area contributed by atoms with Gasteiger partial charge in [0.25, 0.3) is 0 Å². The average molecular weight is 341 g/mol. The highest BCUT2D eigenvalue weighted by Gasteiger charge is 2.31. The molecule has 2 rings (SSSR count). The van der Waals surface area contributed by atoms with Crippen LogP contribution < -0.4 is 0 Å². The van der Waals surface area contributed by atoms with E-state index in [0.717, 1.165) is 16.4 Å². The lowest BCUT2D eigenvalue weighted by Crippen LogP contribution is -2.32. The van der Waals surface area contributed by atoms with Crippen molar-refractivity contribution in [3.05, 3.63) is 65.7 Å². The van der Waals surface area contributed by atoms with E-state index in [1.54, 1.807) is 30.3 Å². The molecule has 7 heteroatoms. The Morgan fingerprint density at radius 1 is 1.13 bits per heavy atom. The Bertz CT molecular complexity index is 766. The van der Waals surface area contributed by atoms with Crippen molar-refractivity contribution in [1.82, 2.24) is 4.31 Å². The maximum absolute atomic E-state index is 13.9. The van der Waals surface area contributed by atoms with Crippen molar-refractivity contribution in [2.75, 3.05) is 13.7 Å². The van der Waals surface area contributed by atoms with Crippen LogP contribution in [0.1, 0.15) is 18.0 Å². The zero-order valence-corrected chi connectivity index (χ0v) is 13.3. The van der Waals surface area contributed by atoms with Crippen LogP contribution in [0.3, 0.4) is 0 Å². The second-order valence-electron chi connectivity index (χ2n) is 5.03. The Balaban J connectivity index is 2.46. The minimum atomic E-state index is -4.25. The van der Waals surface area contributed by atoms with Gasteiger partial charge in [0.2, 0.25) is 10.0 Å². The second-order valence-corrected chi connectivity index (χ2v) is 7.00. The number of hydrogen-bond acceptors (Lipinski definition) is 3. The summed E-state index contributed by atoms with van der Waals surface area (Å²) in [7, 11) is -2.97. The normalized spacial score (nSPS) is 13.3. The molecule has 0 bridgehead atoms. The summed E-state index contributed by atoms with van der Waals surface area (Å²) in [5, 5.41) is 9.23. The largest absolute Gasteiger partial charge is 0.396 e. The van der Waals surface area contributed by atoms with E-state index in [1.165, 1.54) is 7.05 Å². The van der Waals surface area contributed by atoms with Crippen LogP contribution >= 0.6 is 0 Å². The molecule has 23 heavy (non-hydrogen) atoms. The maximum Gasteiger partial charge on any atom is 0.246 e. The molecule has 0 spiro atoms. The zero-order chi connectivity index (χ0) is 17.0. The van der Waals surface area contributed by atoms with E-state index in [2.05, 4.69) is 0 Å². The molecule has 0 aromatic heterocycles. The first-order chi connectivity index (χ1) is 10.9. The molecule has 2 aromatic carbocycles. The van der Waals surface area contributed by atoms with Gasteiger partial charge in [0, 0.05) is 13.7 Å². The van der Waals surface area contributed by atoms with Crippen LogP contribution in [0.2, 0.25) is 0 Å². The summed E-state index contributed by atoms with van der Waals surface area (Å²) in [6.07, 6.45) is 0.136. The molecule has 2 aromatic rings. The minimum absolute atomic E-state index is 0.136. The number of hydrogen-bond donors (Lipinski definition) is 1. The number of halogens is 2. The number of sulfonamides is 1. The number of benzene rings is 2. The van der Waals surface area contributed by atoms with Crippen molar-refractivity contribution in [1.29, 1.82) is 0 Å². The van der Waals surface area contributed by atoms with Crippen LogP contribution in [0.15, 0.2) is 53.4 Å². The summed E-state index contributed by atoms with van der Waals surface area (Å²) in [6, 6.07) is 10.3. The van der Waals surface area contributed by atoms with E-state index in [1.807, 2.05) is 0 Å². The number of nitrogens with zero attached hydrogens (tertiary/aromatic N) is 1. The Labute approximate surface area is 134 Å². The van der Waals surface area contributed by atoms with Crippen molar-refractivity contribution in [3.8, 4) is 0 Å². The fourth-order valence-electron chi connectivity index (χ4n) is 2.35. The van der Waals surface area contributed by atoms with Crippen LogP contribution in [0, 0.1) is 11.6 Å². The van der Waals surface area contributed by atoms with Gasteiger partial charge in [-0.1, -0.05) is 30.3 Å². The third-order valence-electron chi connectivity index (χ3n) is 3.58. The van der Waals surface area contributed by atoms with Crippen molar-refractivity contribution in [3.63, 3.8) is 0 Å². The van der Waals surface area contributed by atoms with Crippen molar-refractivity contribution in [2.24, 2.45) is 0 Å². The summed E-state index contributed by atoms with van der Waals surface area (Å²) in [5.74, 6) is -1.86. The summed E-state index contributed by atoms with van der Waals surface area (Å²) < 4.78 is 53.4. The first kappa shape index (κ1) is 17.5. The van der Waals surface area contributed by atoms with Gasteiger partial charge in [-0.15, -0.1) is 0 Å². The highest BCUT2D eigenvalue weighted by Crippen LogP contribution is 2.29. The van der Waals surface area contributed by atoms with Crippen LogP contribution in [0.5, 0.6) is 0 Å². The Hall–Kier alpha value is -1.83. The average Bonchev–Trinajstić information content (AvgIpc) is 2.55. The molecule has 0 radical (unpaired) electrons. The molecular weight excluding hydrogens is 324 g/mol. The fourth-order valence-corrected chi connectivity index (χ4v) is 3.80. The molecule has 1 atom stereocenters. The third kappa shape index (κ3) is 3.74. The van der Waals surface area contributed by atoms with Crippen LogP contribution in [0.4, 0.5) is 8.78 Å². The lowest BCUT2D eigenvalue weighted by Gasteiger charge is -2.27. The summed E-state index contributed by atoms with van der Waals surface area (Å²) in [5.41, 5.74) is 0.657. The lowest BCUT2D eigenvalue weighted by molar-refractivity contribution is 0.239. The van der Waals surface area contributed by atoms with Crippen LogP contribution in [-0.2, 0) is 10.0 Å². The van der Waals surface area contributed by atoms with Gasteiger partial charge in [0.15, 0.2) is 0 Å². The molecule has 1 N–H and O–H groups in total. The van der Waals surface area contributed by atoms with Crippen molar-refractivity contribution in [2.45, 2.75) is 17.4 Å². The molecule has 124 valence electrons. The fraction of sp³-hybridized carbons (Fsp3) is 0.250. The SMILES string of the molecule is CN(C(CCO)c1ccccc1)S(=O)(=O)c1cc(F)ccc1F. The quantitative estimate of drug-likeness (QED) is 0.879. The van der Waals surface area contributed by atoms with Gasteiger partial charge in [-0.3, -0.25) is 0 Å². The van der Waals surface area contributed by atoms with E-state index in [9.17, 15) is 22.3 Å². The van der Waals surface area contributed by atoms with Gasteiger partial charge in [0.1, 0.15) is 16.5 Å². The predicted octanol–water partition coefficient (Wildman–Crippen LogP) is 2.71. The molecule has 0 saturated carbocycles. The van der Waals surface area contributed by atoms with Crippen LogP contribution in [-0.4, -0.2) is 31.5 Å². The van der Waals surface area contributed by atoms with E-state index in [-0.39, 0.29) is 13.0 Å². The summed E-state index contributed by atoms with van der Waals surface area (Å²) >= 11 is 0. The van der Waals surface area contributed by atoms with E-state index >= 15 is 0 Å². The monoisotopic (exact) mass is 341 g/mol. The van der Waals surface area contributed by atoms with Crippen molar-refractivity contribution >= 4 is 10.0 Å². The molecule has 0 amide bonds. The Morgan fingerprint density at radius 3 is 2.39 bits per heavy atom. The maximum atomic E-state index is 13.9. The predicted molar refractivity (Wildman–Crippen MR) is 82.2 cm³/mol. The molecule has 4 nitrogen and oxygen atoms in total. The Morgan fingerprint density at radius 2 is 1.78 bits per heavy atom. The van der Waals surface area contributed by atoms with Gasteiger partial charge >= 0.3 is 0 Å². The Kier molecular flexibility index (Phi) is 5.46. The first-order valence-electron chi connectivity index (χ1n) is 6.97. The molecule has 0 aliphatic carbocycles. The van der Waals surface area contributed by atoms with Gasteiger partial charge in [-0.2, -0.15) is 4.31 Å². The van der Waals surface area contributed by atoms with Crippen LogP contribution in [0.25, 0.3) is 0 Å². The summed E-state index contributed by atoms with van der Waals surface area (Å²) in [6.45, 7) is -0.245. The molecule has 0 aliphatic heterocycles. The highest BCUT2D eigenvalue weighted by atomic mass is 32.2. The minimum Gasteiger partial charge on any atom is -0.396 e. The molecule has 1 unspecified atom stereocenters. The van der Waals surface area contributed by atoms with Gasteiger partial charge < -0.3 is 5.11 Å². The van der Waals surface area contributed by atoms with Gasteiger partial charge in [0.05, 0.1) is 6.04 Å². The lowest BCUT2D eigenvalue weighted by atomic mass is 10.0. The molecule has 0 heterocycles. The van der Waals surface area contributed by atoms with Gasteiger partial charge in [-0.05, 0) is 30.2 Å². The molecule has 0 saturated heterocycles. The van der Waals surface area contributed by atoms with E-state index in [0.29, 0.717) is 11.6 Å². The number of aliphatic hydroxyl groups excluding tert-OH is 1.